The van der Waals surface area contributed by atoms with Crippen molar-refractivity contribution in [2.75, 3.05) is 0 Å². The first-order valence-electron chi connectivity index (χ1n) is 2.87. The van der Waals surface area contributed by atoms with Gasteiger partial charge in [0.15, 0.2) is 6.10 Å². The first-order valence-corrected chi connectivity index (χ1v) is 3.25. The fourth-order valence-electron chi connectivity index (χ4n) is 0.291. The van der Waals surface area contributed by atoms with Gasteiger partial charge in [-0.15, -0.1) is 0 Å². The molecule has 0 aliphatic heterocycles. The fourth-order valence-corrected chi connectivity index (χ4v) is 0.336. The molecule has 0 N–H and O–H groups in total. The number of hydrogen-bond donors (Lipinski definition) is 0. The monoisotopic (exact) mass is 202 g/mol. The summed E-state index contributed by atoms with van der Waals surface area (Å²) in [6.45, 7) is 3.62. The molecule has 0 aromatic carbocycles. The summed E-state index contributed by atoms with van der Waals surface area (Å²) in [7, 11) is 0. The van der Waals surface area contributed by atoms with Crippen LogP contribution in [0.25, 0.3) is 0 Å². The van der Waals surface area contributed by atoms with Crippen LogP contribution in [-0.2, 0) is 9.53 Å². The van der Waals surface area contributed by atoms with E-state index in [-0.39, 0.29) is 0 Å². The third-order valence-electron chi connectivity index (χ3n) is 0.966. The lowest BCUT2D eigenvalue weighted by atomic mass is 10.4. The Morgan fingerprint density at radius 2 is 2.00 bits per heavy atom. The number of hydrogen-bond acceptors (Lipinski definition) is 2. The second kappa shape index (κ2) is 3.80. The molecule has 1 atom stereocenters. The molecule has 0 rings (SSSR count). The predicted molar refractivity (Wildman–Crippen MR) is 36.6 cm³/mol. The quantitative estimate of drug-likeness (QED) is 0.507. The third kappa shape index (κ3) is 3.61. The van der Waals surface area contributed by atoms with Gasteiger partial charge in [0.05, 0.1) is 0 Å². The van der Waals surface area contributed by atoms with Gasteiger partial charge in [-0.1, -0.05) is 18.2 Å². The molecule has 0 aromatic rings. The summed E-state index contributed by atoms with van der Waals surface area (Å²) in [5, 5.41) is -0.578. The van der Waals surface area contributed by atoms with Gasteiger partial charge in [-0.05, 0) is 6.92 Å². The van der Waals surface area contributed by atoms with Gasteiger partial charge in [0.2, 0.25) is 0 Å². The highest BCUT2D eigenvalue weighted by Gasteiger charge is 2.39. The van der Waals surface area contributed by atoms with E-state index in [2.05, 4.69) is 11.3 Å². The molecule has 0 bridgehead atoms. The van der Waals surface area contributed by atoms with Gasteiger partial charge < -0.3 is 4.74 Å². The summed E-state index contributed by atoms with van der Waals surface area (Å²) >= 11 is 4.99. The second-order valence-corrected chi connectivity index (χ2v) is 2.45. The third-order valence-corrected chi connectivity index (χ3v) is 1.12. The molecule has 70 valence electrons. The van der Waals surface area contributed by atoms with Crippen molar-refractivity contribution in [1.29, 1.82) is 0 Å². The second-order valence-electron chi connectivity index (χ2n) is 1.99. The van der Waals surface area contributed by atoms with Gasteiger partial charge in [0.25, 0.3) is 0 Å². The summed E-state index contributed by atoms with van der Waals surface area (Å²) in [5.74, 6) is -1.26. The van der Waals surface area contributed by atoms with Crippen LogP contribution in [-0.4, -0.2) is 18.2 Å². The lowest BCUT2D eigenvalue weighted by Crippen LogP contribution is -2.30. The van der Waals surface area contributed by atoms with E-state index < -0.39 is 23.3 Å². The predicted octanol–water partition coefficient (Wildman–Crippen LogP) is 2.23. The van der Waals surface area contributed by atoms with E-state index in [0.717, 1.165) is 0 Å². The van der Waals surface area contributed by atoms with Gasteiger partial charge in [0.1, 0.15) is 5.03 Å². The highest BCUT2D eigenvalue weighted by Crippen LogP contribution is 2.23. The van der Waals surface area contributed by atoms with Crippen LogP contribution in [0.2, 0.25) is 0 Å². The number of rotatable bonds is 2. The summed E-state index contributed by atoms with van der Waals surface area (Å²) in [6.07, 6.45) is -6.73. The van der Waals surface area contributed by atoms with Crippen LogP contribution >= 0.6 is 11.6 Å². The largest absolute Gasteiger partial charge is 0.449 e. The van der Waals surface area contributed by atoms with E-state index in [1.165, 1.54) is 0 Å². The Kier molecular flexibility index (Phi) is 3.57. The minimum Gasteiger partial charge on any atom is -0.449 e. The number of alkyl halides is 3. The molecule has 1 unspecified atom stereocenters. The Balaban J connectivity index is 4.11. The first kappa shape index (κ1) is 11.3. The van der Waals surface area contributed by atoms with Crippen LogP contribution < -0.4 is 0 Å². The minimum absolute atomic E-state index is 0.578. The lowest BCUT2D eigenvalue weighted by Gasteiger charge is -2.15. The summed E-state index contributed by atoms with van der Waals surface area (Å²) in [6, 6.07) is 0. The lowest BCUT2D eigenvalue weighted by molar-refractivity contribution is -0.213. The van der Waals surface area contributed by atoms with Crippen molar-refractivity contribution in [1.82, 2.24) is 0 Å². The Hall–Kier alpha value is -0.710. The Labute approximate surface area is 71.9 Å². The van der Waals surface area contributed by atoms with Crippen molar-refractivity contribution in [2.24, 2.45) is 0 Å². The van der Waals surface area contributed by atoms with Crippen molar-refractivity contribution in [2.45, 2.75) is 19.2 Å². The maximum absolute atomic E-state index is 11.7. The Bertz CT molecular complexity index is 199. The van der Waals surface area contributed by atoms with Crippen LogP contribution in [0.4, 0.5) is 13.2 Å². The molecule has 12 heavy (non-hydrogen) atoms. The smallest absolute Gasteiger partial charge is 0.425 e. The van der Waals surface area contributed by atoms with E-state index in [9.17, 15) is 18.0 Å². The Morgan fingerprint density at radius 3 is 2.25 bits per heavy atom. The van der Waals surface area contributed by atoms with Crippen molar-refractivity contribution in [3.63, 3.8) is 0 Å². The topological polar surface area (TPSA) is 26.3 Å². The molecule has 0 saturated heterocycles. The molecular formula is C6H6ClF3O2. The van der Waals surface area contributed by atoms with E-state index in [0.29, 0.717) is 6.92 Å². The minimum atomic E-state index is -4.57. The van der Waals surface area contributed by atoms with Crippen molar-refractivity contribution in [3.05, 3.63) is 11.6 Å². The SMILES string of the molecule is C=C(Cl)C(=O)OC(C)C(F)(F)F. The average molecular weight is 203 g/mol. The summed E-state index contributed by atoms with van der Waals surface area (Å²) < 4.78 is 39.0. The molecule has 0 saturated carbocycles. The normalized spacial score (nSPS) is 13.8. The number of esters is 1. The number of halogens is 4. The molecule has 0 aromatic heterocycles. The molecule has 6 heteroatoms. The zero-order valence-corrected chi connectivity index (χ0v) is 6.87. The Morgan fingerprint density at radius 1 is 1.58 bits per heavy atom. The first-order chi connectivity index (χ1) is 5.25. The number of ether oxygens (including phenoxy) is 1. The van der Waals surface area contributed by atoms with Crippen molar-refractivity contribution in [3.8, 4) is 0 Å². The van der Waals surface area contributed by atoms with E-state index in [1.54, 1.807) is 0 Å². The van der Waals surface area contributed by atoms with E-state index >= 15 is 0 Å². The van der Waals surface area contributed by atoms with E-state index in [1.807, 2.05) is 0 Å². The molecule has 0 heterocycles. The van der Waals surface area contributed by atoms with Gasteiger partial charge in [-0.25, -0.2) is 4.79 Å². The van der Waals surface area contributed by atoms with Gasteiger partial charge in [-0.3, -0.25) is 0 Å². The molecule has 0 radical (unpaired) electrons. The standard InChI is InChI=1S/C6H6ClF3O2/c1-3(7)5(11)12-4(2)6(8,9)10/h4H,1H2,2H3. The van der Waals surface area contributed by atoms with Gasteiger partial charge in [0, 0.05) is 0 Å². The fraction of sp³-hybridized carbons (Fsp3) is 0.500. The molecule has 0 aliphatic carbocycles. The number of carbonyl (C=O) groups is 1. The van der Waals surface area contributed by atoms with Gasteiger partial charge >= 0.3 is 12.1 Å². The highest BCUT2D eigenvalue weighted by atomic mass is 35.5. The maximum Gasteiger partial charge on any atom is 0.425 e. The highest BCUT2D eigenvalue weighted by molar-refractivity contribution is 6.40. The maximum atomic E-state index is 11.7. The van der Waals surface area contributed by atoms with Crippen LogP contribution in [0, 0.1) is 0 Å². The van der Waals surface area contributed by atoms with Crippen LogP contribution in [0.3, 0.4) is 0 Å². The van der Waals surface area contributed by atoms with E-state index in [4.69, 9.17) is 11.6 Å². The molecule has 0 aliphatic rings. The molecular weight excluding hydrogens is 197 g/mol. The molecule has 0 amide bonds. The summed E-state index contributed by atoms with van der Waals surface area (Å²) in [5.41, 5.74) is 0. The average Bonchev–Trinajstić information content (AvgIpc) is 1.85. The van der Waals surface area contributed by atoms with Crippen molar-refractivity contribution >= 4 is 17.6 Å². The van der Waals surface area contributed by atoms with Crippen LogP contribution in [0.15, 0.2) is 11.6 Å². The van der Waals surface area contributed by atoms with Crippen molar-refractivity contribution < 1.29 is 22.7 Å². The molecule has 0 spiro atoms. The van der Waals surface area contributed by atoms with Crippen LogP contribution in [0.5, 0.6) is 0 Å². The van der Waals surface area contributed by atoms with Crippen LogP contribution in [0.1, 0.15) is 6.92 Å². The van der Waals surface area contributed by atoms with Gasteiger partial charge in [-0.2, -0.15) is 13.2 Å². The molecule has 0 fully saturated rings. The zero-order chi connectivity index (χ0) is 9.94. The molecule has 2 nitrogen and oxygen atoms in total. The number of carbonyl (C=O) groups excluding carboxylic acids is 1. The zero-order valence-electron chi connectivity index (χ0n) is 6.11. The summed E-state index contributed by atoms with van der Waals surface area (Å²) in [4.78, 5) is 10.4.